The van der Waals surface area contributed by atoms with Crippen LogP contribution in [0.1, 0.15) is 27.7 Å². The van der Waals surface area contributed by atoms with E-state index >= 15 is 0 Å². The lowest BCUT2D eigenvalue weighted by molar-refractivity contribution is -1.01. The van der Waals surface area contributed by atoms with E-state index in [0.29, 0.717) is 0 Å². The Hall–Kier alpha value is -1.82. The molecular weight excluding hydrogens is 184 g/mol. The zero-order valence-electron chi connectivity index (χ0n) is 8.61. The van der Waals surface area contributed by atoms with Crippen molar-refractivity contribution in [2.75, 3.05) is 0 Å². The molecule has 0 amide bonds. The van der Waals surface area contributed by atoms with Crippen molar-refractivity contribution in [1.82, 2.24) is 0 Å². The second-order valence-electron chi connectivity index (χ2n) is 3.89. The highest BCUT2D eigenvalue weighted by atomic mass is 16.6. The van der Waals surface area contributed by atoms with E-state index in [1.807, 2.05) is 0 Å². The standard InChI is InChI=1S/C8H12N4O2/c1-7(2,5-9)11(13)12(14)8(3,4)6-10/h1-4H3/b12-11+. The van der Waals surface area contributed by atoms with Crippen LogP contribution in [0.15, 0.2) is 0 Å². The van der Waals surface area contributed by atoms with Crippen molar-refractivity contribution < 1.29 is 9.72 Å². The van der Waals surface area contributed by atoms with E-state index < -0.39 is 11.1 Å². The Morgan fingerprint density at radius 3 is 1.21 bits per heavy atom. The van der Waals surface area contributed by atoms with E-state index in [2.05, 4.69) is 0 Å². The van der Waals surface area contributed by atoms with Crippen LogP contribution in [0, 0.1) is 33.1 Å². The van der Waals surface area contributed by atoms with E-state index in [1.54, 1.807) is 12.1 Å². The quantitative estimate of drug-likeness (QED) is 0.374. The smallest absolute Gasteiger partial charge is 0.316 e. The van der Waals surface area contributed by atoms with Crippen LogP contribution in [-0.2, 0) is 0 Å². The first-order valence-corrected chi connectivity index (χ1v) is 3.96. The zero-order chi connectivity index (χ0) is 11.6. The highest BCUT2D eigenvalue weighted by Crippen LogP contribution is 2.12. The van der Waals surface area contributed by atoms with Gasteiger partial charge in [0.15, 0.2) is 0 Å². The fourth-order valence-corrected chi connectivity index (χ4v) is 0.540. The Labute approximate surface area is 82.4 Å². The molecule has 0 saturated carbocycles. The molecule has 0 aliphatic carbocycles. The first-order chi connectivity index (χ1) is 6.19. The molecule has 0 aliphatic rings. The van der Waals surface area contributed by atoms with Gasteiger partial charge < -0.3 is 10.4 Å². The number of hydrogen-bond acceptors (Lipinski definition) is 4. The molecule has 0 aromatic rings. The van der Waals surface area contributed by atoms with Gasteiger partial charge in [-0.2, -0.15) is 10.5 Å². The van der Waals surface area contributed by atoms with Crippen molar-refractivity contribution in [1.29, 1.82) is 10.5 Å². The maximum absolute atomic E-state index is 11.4. The number of azo groups is 1. The lowest BCUT2D eigenvalue weighted by atomic mass is 10.1. The van der Waals surface area contributed by atoms with Gasteiger partial charge in [-0.15, -0.1) is 0 Å². The third kappa shape index (κ3) is 2.11. The van der Waals surface area contributed by atoms with Gasteiger partial charge in [-0.25, -0.2) is 0 Å². The summed E-state index contributed by atoms with van der Waals surface area (Å²) in [6.45, 7) is 5.22. The predicted molar refractivity (Wildman–Crippen MR) is 46.6 cm³/mol. The Morgan fingerprint density at radius 2 is 1.07 bits per heavy atom. The second-order valence-corrected chi connectivity index (χ2v) is 3.89. The summed E-state index contributed by atoms with van der Waals surface area (Å²) < 4.78 is 0. The van der Waals surface area contributed by atoms with Gasteiger partial charge in [-0.05, 0) is 0 Å². The number of rotatable bonds is 2. The van der Waals surface area contributed by atoms with Crippen molar-refractivity contribution in [3.05, 3.63) is 10.4 Å². The van der Waals surface area contributed by atoms with Crippen LogP contribution in [0.2, 0.25) is 0 Å². The normalized spacial score (nSPS) is 13.9. The van der Waals surface area contributed by atoms with Crippen LogP contribution < -0.4 is 0 Å². The molecule has 0 spiro atoms. The van der Waals surface area contributed by atoms with Crippen molar-refractivity contribution in [3.63, 3.8) is 0 Å². The Bertz CT molecular complexity index is 309. The van der Waals surface area contributed by atoms with Crippen LogP contribution in [0.25, 0.3) is 0 Å². The summed E-state index contributed by atoms with van der Waals surface area (Å²) in [5, 5.41) is 39.9. The molecule has 0 saturated heterocycles. The van der Waals surface area contributed by atoms with E-state index in [1.165, 1.54) is 27.7 Å². The molecule has 6 nitrogen and oxygen atoms in total. The highest BCUT2D eigenvalue weighted by molar-refractivity contribution is 4.93. The third-order valence-corrected chi connectivity index (χ3v) is 1.67. The minimum atomic E-state index is -1.48. The summed E-state index contributed by atoms with van der Waals surface area (Å²) in [6.07, 6.45) is 0. The highest BCUT2D eigenvalue weighted by Gasteiger charge is 2.41. The summed E-state index contributed by atoms with van der Waals surface area (Å²) >= 11 is 0. The molecule has 0 rings (SSSR count). The lowest BCUT2D eigenvalue weighted by Gasteiger charge is -2.17. The second kappa shape index (κ2) is 3.51. The average Bonchev–Trinajstić information content (AvgIpc) is 2.15. The molecule has 76 valence electrons. The van der Waals surface area contributed by atoms with Crippen LogP contribution in [0.5, 0.6) is 0 Å². The van der Waals surface area contributed by atoms with E-state index in [0.717, 1.165) is 0 Å². The Morgan fingerprint density at radius 1 is 0.857 bits per heavy atom. The van der Waals surface area contributed by atoms with Crippen molar-refractivity contribution >= 4 is 0 Å². The van der Waals surface area contributed by atoms with E-state index in [9.17, 15) is 10.4 Å². The molecule has 0 heterocycles. The third-order valence-electron chi connectivity index (χ3n) is 1.67. The van der Waals surface area contributed by atoms with Crippen molar-refractivity contribution in [2.45, 2.75) is 38.8 Å². The predicted octanol–water partition coefficient (Wildman–Crippen LogP) is 1.06. The topological polar surface area (TPSA) is 99.7 Å². The van der Waals surface area contributed by atoms with Gasteiger partial charge >= 0.3 is 11.1 Å². The largest absolute Gasteiger partial charge is 0.566 e. The first kappa shape index (κ1) is 12.2. The van der Waals surface area contributed by atoms with Crippen LogP contribution >= 0.6 is 0 Å². The number of hydroxylamine groups is 2. The minimum absolute atomic E-state index is 0.0315. The zero-order valence-corrected chi connectivity index (χ0v) is 8.61. The molecule has 0 unspecified atom stereocenters. The van der Waals surface area contributed by atoms with Gasteiger partial charge in [-0.3, -0.25) is 0 Å². The van der Waals surface area contributed by atoms with Crippen molar-refractivity contribution in [2.24, 2.45) is 0 Å². The van der Waals surface area contributed by atoms with Gasteiger partial charge in [-0.1, -0.05) is 0 Å². The van der Waals surface area contributed by atoms with Crippen LogP contribution in [-0.4, -0.2) is 20.8 Å². The van der Waals surface area contributed by atoms with Crippen LogP contribution in [0.3, 0.4) is 0 Å². The maximum atomic E-state index is 11.4. The molecule has 0 aliphatic heterocycles. The van der Waals surface area contributed by atoms with Gasteiger partial charge in [0.05, 0.1) is 9.72 Å². The summed E-state index contributed by atoms with van der Waals surface area (Å²) in [7, 11) is 0. The van der Waals surface area contributed by atoms with Crippen LogP contribution in [0.4, 0.5) is 0 Å². The van der Waals surface area contributed by atoms with E-state index in [4.69, 9.17) is 10.5 Å². The first-order valence-electron chi connectivity index (χ1n) is 3.96. The minimum Gasteiger partial charge on any atom is -0.566 e. The molecule has 6 heteroatoms. The Kier molecular flexibility index (Phi) is 3.05. The average molecular weight is 196 g/mol. The maximum Gasteiger partial charge on any atom is 0.316 e. The van der Waals surface area contributed by atoms with Gasteiger partial charge in [0.2, 0.25) is 0 Å². The molecule has 0 aromatic carbocycles. The van der Waals surface area contributed by atoms with Crippen molar-refractivity contribution in [3.8, 4) is 12.1 Å². The number of nitrogens with zero attached hydrogens (tertiary/aromatic N) is 4. The summed E-state index contributed by atoms with van der Waals surface area (Å²) in [4.78, 5) is -0.0631. The van der Waals surface area contributed by atoms with Gasteiger partial charge in [0.25, 0.3) is 0 Å². The van der Waals surface area contributed by atoms with E-state index in [-0.39, 0.29) is 9.72 Å². The lowest BCUT2D eigenvalue weighted by Crippen LogP contribution is -2.43. The Balaban J connectivity index is 5.40. The molecule has 0 fully saturated rings. The summed E-state index contributed by atoms with van der Waals surface area (Å²) in [5.41, 5.74) is -2.95. The monoisotopic (exact) mass is 196 g/mol. The molecule has 0 N–H and O–H groups in total. The summed E-state index contributed by atoms with van der Waals surface area (Å²) in [6, 6.07) is 3.36. The molecule has 14 heavy (non-hydrogen) atoms. The fraction of sp³-hybridized carbons (Fsp3) is 0.750. The molecule has 0 aromatic heterocycles. The summed E-state index contributed by atoms with van der Waals surface area (Å²) in [5.74, 6) is 0. The van der Waals surface area contributed by atoms with Gasteiger partial charge in [0, 0.05) is 27.7 Å². The molecule has 0 radical (unpaired) electrons. The molecule has 0 atom stereocenters. The molecule has 0 bridgehead atoms. The number of hydrogen-bond donors (Lipinski definition) is 0. The fourth-order valence-electron chi connectivity index (χ4n) is 0.540. The number of nitriles is 2. The molecular formula is C8H12N4O2. The van der Waals surface area contributed by atoms with Gasteiger partial charge in [0.1, 0.15) is 12.1 Å². The SMILES string of the molecule is CC(C)(C#N)/[N+]([O-])=[N+](\[O-])C(C)(C)C#N.